The number of halogens is 1. The van der Waals surface area contributed by atoms with Crippen molar-refractivity contribution < 1.29 is 5.11 Å². The molecule has 0 amide bonds. The minimum Gasteiger partial charge on any atom is -0.506 e. The fraction of sp³-hybridized carbons (Fsp3) is 0.538. The number of rotatable bonds is 2. The van der Waals surface area contributed by atoms with E-state index < -0.39 is 0 Å². The summed E-state index contributed by atoms with van der Waals surface area (Å²) in [5.74, 6) is 0.902. The first-order chi connectivity index (χ1) is 7.59. The molecule has 1 saturated heterocycles. The Morgan fingerprint density at radius 3 is 2.88 bits per heavy atom. The van der Waals surface area contributed by atoms with Crippen molar-refractivity contribution in [2.75, 3.05) is 13.1 Å². The Morgan fingerprint density at radius 1 is 1.50 bits per heavy atom. The molecule has 1 unspecified atom stereocenters. The second kappa shape index (κ2) is 4.64. The van der Waals surface area contributed by atoms with Gasteiger partial charge in [0.15, 0.2) is 0 Å². The highest BCUT2D eigenvalue weighted by atomic mass is 35.5. The summed E-state index contributed by atoms with van der Waals surface area (Å²) in [6.07, 6.45) is 2.11. The number of aromatic hydroxyl groups is 1. The minimum absolute atomic E-state index is 0.275. The van der Waals surface area contributed by atoms with E-state index >= 15 is 0 Å². The molecule has 1 fully saturated rings. The van der Waals surface area contributed by atoms with E-state index in [9.17, 15) is 5.11 Å². The van der Waals surface area contributed by atoms with Crippen LogP contribution in [0.5, 0.6) is 5.75 Å². The summed E-state index contributed by atoms with van der Waals surface area (Å²) < 4.78 is 0. The molecule has 0 radical (unpaired) electrons. The number of benzene rings is 1. The van der Waals surface area contributed by atoms with Crippen molar-refractivity contribution in [3.63, 3.8) is 0 Å². The van der Waals surface area contributed by atoms with Gasteiger partial charge in [0.1, 0.15) is 5.75 Å². The van der Waals surface area contributed by atoms with Crippen molar-refractivity contribution in [1.82, 2.24) is 5.32 Å². The molecule has 0 aromatic heterocycles. The Kier molecular flexibility index (Phi) is 3.41. The summed E-state index contributed by atoms with van der Waals surface area (Å²) in [6, 6.07) is 1.84. The van der Waals surface area contributed by atoms with Crippen LogP contribution >= 0.6 is 11.6 Å². The molecular weight excluding hydrogens is 222 g/mol. The third-order valence-corrected chi connectivity index (χ3v) is 3.84. The van der Waals surface area contributed by atoms with Crippen LogP contribution < -0.4 is 5.32 Å². The number of aryl methyl sites for hydroxylation is 1. The smallest absolute Gasteiger partial charge is 0.137 e. The largest absolute Gasteiger partial charge is 0.506 e. The normalized spacial score (nSPS) is 20.3. The molecule has 1 aromatic rings. The van der Waals surface area contributed by atoms with Gasteiger partial charge in [-0.25, -0.2) is 0 Å². The van der Waals surface area contributed by atoms with Gasteiger partial charge in [-0.05, 0) is 68.5 Å². The van der Waals surface area contributed by atoms with E-state index in [1.54, 1.807) is 0 Å². The summed E-state index contributed by atoms with van der Waals surface area (Å²) in [6.45, 7) is 6.23. The van der Waals surface area contributed by atoms with E-state index in [4.69, 9.17) is 11.6 Å². The van der Waals surface area contributed by atoms with Crippen LogP contribution in [0.15, 0.2) is 6.07 Å². The molecule has 2 N–H and O–H groups in total. The SMILES string of the molecule is Cc1cc(Cl)c(O)c(CC2CCNC2)c1C. The maximum absolute atomic E-state index is 10.0. The molecule has 2 rings (SSSR count). The lowest BCUT2D eigenvalue weighted by molar-refractivity contribution is 0.458. The number of phenolic OH excluding ortho intramolecular Hbond substituents is 1. The molecule has 1 aromatic carbocycles. The van der Waals surface area contributed by atoms with Crippen LogP contribution in [0.4, 0.5) is 0 Å². The van der Waals surface area contributed by atoms with Gasteiger partial charge in [-0.15, -0.1) is 0 Å². The topological polar surface area (TPSA) is 32.3 Å². The second-order valence-electron chi connectivity index (χ2n) is 4.69. The molecule has 1 atom stereocenters. The Hall–Kier alpha value is -0.730. The highest BCUT2D eigenvalue weighted by Gasteiger charge is 2.19. The molecule has 0 spiro atoms. The fourth-order valence-electron chi connectivity index (χ4n) is 2.35. The van der Waals surface area contributed by atoms with Gasteiger partial charge in [0, 0.05) is 0 Å². The van der Waals surface area contributed by atoms with Gasteiger partial charge in [-0.1, -0.05) is 11.6 Å². The van der Waals surface area contributed by atoms with E-state index in [1.165, 1.54) is 12.0 Å². The van der Waals surface area contributed by atoms with Gasteiger partial charge in [-0.2, -0.15) is 0 Å². The quantitative estimate of drug-likeness (QED) is 0.832. The van der Waals surface area contributed by atoms with Crippen LogP contribution in [0.1, 0.15) is 23.1 Å². The zero-order valence-corrected chi connectivity index (χ0v) is 10.6. The van der Waals surface area contributed by atoms with Crippen LogP contribution in [-0.2, 0) is 6.42 Å². The van der Waals surface area contributed by atoms with E-state index in [0.717, 1.165) is 30.6 Å². The first-order valence-corrected chi connectivity index (χ1v) is 6.15. The number of nitrogens with one attached hydrogen (secondary N) is 1. The molecular formula is C13H18ClNO. The minimum atomic E-state index is 0.275. The molecule has 1 aliphatic rings. The van der Waals surface area contributed by atoms with Crippen molar-refractivity contribution in [2.24, 2.45) is 5.92 Å². The van der Waals surface area contributed by atoms with E-state index in [1.807, 2.05) is 13.0 Å². The van der Waals surface area contributed by atoms with Crippen LogP contribution in [0.3, 0.4) is 0 Å². The predicted molar refractivity (Wildman–Crippen MR) is 67.3 cm³/mol. The van der Waals surface area contributed by atoms with Gasteiger partial charge in [0.05, 0.1) is 5.02 Å². The average Bonchev–Trinajstić information content (AvgIpc) is 2.74. The zero-order chi connectivity index (χ0) is 11.7. The lowest BCUT2D eigenvalue weighted by Gasteiger charge is -2.15. The monoisotopic (exact) mass is 239 g/mol. The lowest BCUT2D eigenvalue weighted by Crippen LogP contribution is -2.11. The summed E-state index contributed by atoms with van der Waals surface area (Å²) in [5.41, 5.74) is 3.36. The van der Waals surface area contributed by atoms with Crippen molar-refractivity contribution in [1.29, 1.82) is 0 Å². The Labute approximate surface area is 102 Å². The van der Waals surface area contributed by atoms with E-state index in [-0.39, 0.29) is 5.75 Å². The van der Waals surface area contributed by atoms with Crippen molar-refractivity contribution in [3.8, 4) is 5.75 Å². The summed E-state index contributed by atoms with van der Waals surface area (Å²) >= 11 is 6.01. The summed E-state index contributed by atoms with van der Waals surface area (Å²) in [4.78, 5) is 0. The Bertz CT molecular complexity index is 371. The number of phenols is 1. The van der Waals surface area contributed by atoms with Crippen molar-refractivity contribution >= 4 is 11.6 Å². The fourth-order valence-corrected chi connectivity index (χ4v) is 2.63. The molecule has 0 saturated carbocycles. The first-order valence-electron chi connectivity index (χ1n) is 5.78. The van der Waals surface area contributed by atoms with Gasteiger partial charge in [-0.3, -0.25) is 0 Å². The van der Waals surface area contributed by atoms with Crippen LogP contribution in [0, 0.1) is 19.8 Å². The zero-order valence-electron chi connectivity index (χ0n) is 9.81. The van der Waals surface area contributed by atoms with Gasteiger partial charge in [0.25, 0.3) is 0 Å². The first kappa shape index (κ1) is 11.7. The Balaban J connectivity index is 2.31. The third-order valence-electron chi connectivity index (χ3n) is 3.55. The highest BCUT2D eigenvalue weighted by molar-refractivity contribution is 6.32. The molecule has 2 nitrogen and oxygen atoms in total. The molecule has 1 heterocycles. The second-order valence-corrected chi connectivity index (χ2v) is 5.10. The average molecular weight is 240 g/mol. The van der Waals surface area contributed by atoms with Crippen molar-refractivity contribution in [2.45, 2.75) is 26.7 Å². The lowest BCUT2D eigenvalue weighted by atomic mass is 9.92. The van der Waals surface area contributed by atoms with Crippen LogP contribution in [0.25, 0.3) is 0 Å². The molecule has 88 valence electrons. The maximum Gasteiger partial charge on any atom is 0.137 e. The third kappa shape index (κ3) is 2.18. The molecule has 3 heteroatoms. The van der Waals surface area contributed by atoms with Gasteiger partial charge >= 0.3 is 0 Å². The molecule has 0 bridgehead atoms. The van der Waals surface area contributed by atoms with E-state index in [2.05, 4.69) is 12.2 Å². The molecule has 0 aliphatic carbocycles. The molecule has 16 heavy (non-hydrogen) atoms. The standard InChI is InChI=1S/C13H18ClNO/c1-8-5-12(14)13(16)11(9(8)2)6-10-3-4-15-7-10/h5,10,15-16H,3-4,6-7H2,1-2H3. The summed E-state index contributed by atoms with van der Waals surface area (Å²) in [7, 11) is 0. The van der Waals surface area contributed by atoms with Crippen LogP contribution in [-0.4, -0.2) is 18.2 Å². The maximum atomic E-state index is 10.0. The van der Waals surface area contributed by atoms with E-state index in [0.29, 0.717) is 10.9 Å². The summed E-state index contributed by atoms with van der Waals surface area (Å²) in [5, 5.41) is 13.8. The van der Waals surface area contributed by atoms with Crippen LogP contribution in [0.2, 0.25) is 5.02 Å². The predicted octanol–water partition coefficient (Wildman–Crippen LogP) is 2.81. The van der Waals surface area contributed by atoms with Gasteiger partial charge < -0.3 is 10.4 Å². The molecule has 1 aliphatic heterocycles. The number of hydrogen-bond acceptors (Lipinski definition) is 2. The Morgan fingerprint density at radius 2 is 2.25 bits per heavy atom. The number of hydrogen-bond donors (Lipinski definition) is 2. The highest BCUT2D eigenvalue weighted by Crippen LogP contribution is 2.34. The van der Waals surface area contributed by atoms with Gasteiger partial charge in [0.2, 0.25) is 0 Å². The van der Waals surface area contributed by atoms with Crippen molar-refractivity contribution in [3.05, 3.63) is 27.8 Å².